The Balaban J connectivity index is 2.75. The fourth-order valence-electron chi connectivity index (χ4n) is 1.49. The van der Waals surface area contributed by atoms with Crippen LogP contribution in [0.15, 0.2) is 18.3 Å². The summed E-state index contributed by atoms with van der Waals surface area (Å²) >= 11 is 6.02. The van der Waals surface area contributed by atoms with Gasteiger partial charge in [-0.25, -0.2) is 4.98 Å². The minimum absolute atomic E-state index is 0.598. The van der Waals surface area contributed by atoms with Crippen LogP contribution in [0.3, 0.4) is 0 Å². The highest BCUT2D eigenvalue weighted by molar-refractivity contribution is 6.34. The van der Waals surface area contributed by atoms with Gasteiger partial charge in [-0.15, -0.1) is 0 Å². The van der Waals surface area contributed by atoms with E-state index >= 15 is 0 Å². The molecule has 0 aliphatic carbocycles. The molecule has 0 radical (unpaired) electrons. The quantitative estimate of drug-likeness (QED) is 0.784. The van der Waals surface area contributed by atoms with Crippen LogP contribution in [0.25, 0.3) is 11.0 Å². The molecule has 0 saturated heterocycles. The van der Waals surface area contributed by atoms with Crippen LogP contribution in [0.1, 0.15) is 12.5 Å². The maximum Gasteiger partial charge on any atom is 0.216 e. The van der Waals surface area contributed by atoms with Crippen LogP contribution in [0.4, 0.5) is 0 Å². The molecule has 2 aromatic rings. The van der Waals surface area contributed by atoms with Crippen molar-refractivity contribution in [1.29, 1.82) is 0 Å². The van der Waals surface area contributed by atoms with Crippen LogP contribution >= 0.6 is 11.6 Å². The van der Waals surface area contributed by atoms with Crippen LogP contribution in [-0.4, -0.2) is 17.1 Å². The van der Waals surface area contributed by atoms with Crippen molar-refractivity contribution in [2.45, 2.75) is 13.3 Å². The van der Waals surface area contributed by atoms with Crippen LogP contribution < -0.4 is 4.74 Å². The Morgan fingerprint density at radius 3 is 2.93 bits per heavy atom. The molecule has 0 unspecified atom stereocenters. The van der Waals surface area contributed by atoms with Crippen molar-refractivity contribution >= 4 is 22.6 Å². The van der Waals surface area contributed by atoms with Gasteiger partial charge < -0.3 is 4.74 Å². The van der Waals surface area contributed by atoms with Crippen LogP contribution in [0.2, 0.25) is 5.02 Å². The molecular formula is C11H11ClN2O. The molecule has 0 N–H and O–H groups in total. The van der Waals surface area contributed by atoms with Gasteiger partial charge in [0.2, 0.25) is 5.88 Å². The Hall–Kier alpha value is -1.35. The summed E-state index contributed by atoms with van der Waals surface area (Å²) in [4.78, 5) is 8.57. The van der Waals surface area contributed by atoms with Crippen molar-refractivity contribution < 1.29 is 4.74 Å². The smallest absolute Gasteiger partial charge is 0.216 e. The van der Waals surface area contributed by atoms with Gasteiger partial charge in [-0.1, -0.05) is 18.5 Å². The summed E-state index contributed by atoms with van der Waals surface area (Å²) in [6, 6.07) is 3.69. The number of ether oxygens (including phenoxy) is 1. The van der Waals surface area contributed by atoms with Crippen molar-refractivity contribution in [1.82, 2.24) is 9.97 Å². The number of nitrogens with zero attached hydrogens (tertiary/aromatic N) is 2. The van der Waals surface area contributed by atoms with Gasteiger partial charge in [0.1, 0.15) is 5.52 Å². The molecule has 0 atom stereocenters. The second kappa shape index (κ2) is 4.03. The maximum absolute atomic E-state index is 6.02. The molecular weight excluding hydrogens is 212 g/mol. The third-order valence-electron chi connectivity index (χ3n) is 2.28. The van der Waals surface area contributed by atoms with E-state index < -0.39 is 0 Å². The van der Waals surface area contributed by atoms with Gasteiger partial charge in [-0.2, -0.15) is 0 Å². The third kappa shape index (κ3) is 1.75. The molecule has 78 valence electrons. The molecule has 3 nitrogen and oxygen atoms in total. The Bertz CT molecular complexity index is 499. The fourth-order valence-corrected chi connectivity index (χ4v) is 1.69. The Morgan fingerprint density at radius 2 is 2.27 bits per heavy atom. The predicted octanol–water partition coefficient (Wildman–Crippen LogP) is 2.85. The normalized spacial score (nSPS) is 10.6. The van der Waals surface area contributed by atoms with Crippen molar-refractivity contribution in [3.8, 4) is 5.88 Å². The number of fused-ring (bicyclic) bond motifs is 1. The van der Waals surface area contributed by atoms with Gasteiger partial charge >= 0.3 is 0 Å². The molecule has 0 aliphatic rings. The predicted molar refractivity (Wildman–Crippen MR) is 60.5 cm³/mol. The van der Waals surface area contributed by atoms with E-state index in [0.29, 0.717) is 16.4 Å². The highest BCUT2D eigenvalue weighted by Crippen LogP contribution is 2.25. The molecule has 0 bridgehead atoms. The number of halogens is 1. The number of hydrogen-bond acceptors (Lipinski definition) is 3. The summed E-state index contributed by atoms with van der Waals surface area (Å²) in [5.41, 5.74) is 2.54. The molecule has 0 amide bonds. The zero-order valence-corrected chi connectivity index (χ0v) is 9.38. The third-order valence-corrected chi connectivity index (χ3v) is 2.58. The molecule has 0 fully saturated rings. The average molecular weight is 223 g/mol. The van der Waals surface area contributed by atoms with Crippen LogP contribution in [-0.2, 0) is 6.42 Å². The first-order chi connectivity index (χ1) is 7.26. The number of aryl methyl sites for hydroxylation is 1. The molecule has 0 saturated carbocycles. The Morgan fingerprint density at radius 1 is 1.47 bits per heavy atom. The monoisotopic (exact) mass is 222 g/mol. The highest BCUT2D eigenvalue weighted by atomic mass is 35.5. The molecule has 0 aromatic carbocycles. The number of hydrogen-bond donors (Lipinski definition) is 0. The summed E-state index contributed by atoms with van der Waals surface area (Å²) < 4.78 is 5.20. The van der Waals surface area contributed by atoms with Crippen LogP contribution in [0, 0.1) is 0 Å². The number of pyridine rings is 2. The van der Waals surface area contributed by atoms with Gasteiger partial charge in [0.15, 0.2) is 0 Å². The Labute approximate surface area is 93.1 Å². The zero-order valence-electron chi connectivity index (χ0n) is 8.62. The first-order valence-corrected chi connectivity index (χ1v) is 5.12. The lowest BCUT2D eigenvalue weighted by Crippen LogP contribution is -1.96. The summed E-state index contributed by atoms with van der Waals surface area (Å²) in [5.74, 6) is 0.625. The standard InChI is InChI=1S/C11H11ClN2O/c1-3-7-6-9-10(14-11(7)15-2)8(12)4-5-13-9/h4-6H,3H2,1-2H3. The lowest BCUT2D eigenvalue weighted by Gasteiger charge is -2.07. The van der Waals surface area contributed by atoms with E-state index in [1.54, 1.807) is 19.4 Å². The van der Waals surface area contributed by atoms with Gasteiger partial charge in [-0.3, -0.25) is 4.98 Å². The fraction of sp³-hybridized carbons (Fsp3) is 0.273. The van der Waals surface area contributed by atoms with Crippen molar-refractivity contribution in [2.24, 2.45) is 0 Å². The molecule has 0 aliphatic heterocycles. The summed E-state index contributed by atoms with van der Waals surface area (Å²) in [6.45, 7) is 2.05. The average Bonchev–Trinajstić information content (AvgIpc) is 2.28. The molecule has 0 spiro atoms. The van der Waals surface area contributed by atoms with Crippen molar-refractivity contribution in [2.75, 3.05) is 7.11 Å². The zero-order chi connectivity index (χ0) is 10.8. The second-order valence-electron chi connectivity index (χ2n) is 3.17. The summed E-state index contributed by atoms with van der Waals surface area (Å²) in [5, 5.41) is 0.598. The first kappa shape index (κ1) is 10.2. The first-order valence-electron chi connectivity index (χ1n) is 4.74. The largest absolute Gasteiger partial charge is 0.481 e. The lowest BCUT2D eigenvalue weighted by molar-refractivity contribution is 0.394. The summed E-state index contributed by atoms with van der Waals surface area (Å²) in [6.07, 6.45) is 2.54. The minimum Gasteiger partial charge on any atom is -0.481 e. The number of aromatic nitrogens is 2. The van der Waals surface area contributed by atoms with Gasteiger partial charge in [-0.05, 0) is 18.6 Å². The summed E-state index contributed by atoms with van der Waals surface area (Å²) in [7, 11) is 1.61. The maximum atomic E-state index is 6.02. The minimum atomic E-state index is 0.598. The van der Waals surface area contributed by atoms with E-state index in [9.17, 15) is 0 Å². The van der Waals surface area contributed by atoms with E-state index in [2.05, 4.69) is 16.9 Å². The SMILES string of the molecule is CCc1cc2nccc(Cl)c2nc1OC. The van der Waals surface area contributed by atoms with Gasteiger partial charge in [0, 0.05) is 11.8 Å². The molecule has 2 heterocycles. The van der Waals surface area contributed by atoms with E-state index in [0.717, 1.165) is 17.5 Å². The van der Waals surface area contributed by atoms with E-state index in [-0.39, 0.29) is 0 Å². The molecule has 2 aromatic heterocycles. The lowest BCUT2D eigenvalue weighted by atomic mass is 10.2. The molecule has 2 rings (SSSR count). The topological polar surface area (TPSA) is 35.0 Å². The van der Waals surface area contributed by atoms with Crippen molar-refractivity contribution in [3.05, 3.63) is 28.9 Å². The van der Waals surface area contributed by atoms with Gasteiger partial charge in [0.25, 0.3) is 0 Å². The van der Waals surface area contributed by atoms with Gasteiger partial charge in [0.05, 0.1) is 17.6 Å². The van der Waals surface area contributed by atoms with E-state index in [4.69, 9.17) is 16.3 Å². The number of rotatable bonds is 2. The van der Waals surface area contributed by atoms with Crippen molar-refractivity contribution in [3.63, 3.8) is 0 Å². The Kier molecular flexibility index (Phi) is 2.73. The molecule has 15 heavy (non-hydrogen) atoms. The van der Waals surface area contributed by atoms with E-state index in [1.807, 2.05) is 6.07 Å². The highest BCUT2D eigenvalue weighted by Gasteiger charge is 2.08. The molecule has 4 heteroatoms. The van der Waals surface area contributed by atoms with Crippen LogP contribution in [0.5, 0.6) is 5.88 Å². The number of methoxy groups -OCH3 is 1. The van der Waals surface area contributed by atoms with E-state index in [1.165, 1.54) is 0 Å². The second-order valence-corrected chi connectivity index (χ2v) is 3.58.